The van der Waals surface area contributed by atoms with Gasteiger partial charge in [-0.15, -0.1) is 0 Å². The van der Waals surface area contributed by atoms with Crippen LogP contribution in [0.3, 0.4) is 0 Å². The van der Waals surface area contributed by atoms with Crippen molar-refractivity contribution in [2.75, 3.05) is 0 Å². The quantitative estimate of drug-likeness (QED) is 0.601. The van der Waals surface area contributed by atoms with Crippen molar-refractivity contribution in [1.82, 2.24) is 5.43 Å². The molecule has 1 aromatic carbocycles. The first-order valence-electron chi connectivity index (χ1n) is 7.10. The van der Waals surface area contributed by atoms with Gasteiger partial charge in [0, 0.05) is 12.5 Å². The minimum absolute atomic E-state index is 0.0999. The van der Waals surface area contributed by atoms with Crippen molar-refractivity contribution in [3.05, 3.63) is 54.0 Å². The van der Waals surface area contributed by atoms with Crippen molar-refractivity contribution in [3.63, 3.8) is 0 Å². The van der Waals surface area contributed by atoms with Crippen LogP contribution < -0.4 is 16.0 Å². The highest BCUT2D eigenvalue weighted by atomic mass is 16.5. The number of aryl methyl sites for hydroxylation is 1. The van der Waals surface area contributed by atoms with Crippen LogP contribution in [-0.2, 0) is 6.42 Å². The van der Waals surface area contributed by atoms with Crippen LogP contribution >= 0.6 is 0 Å². The summed E-state index contributed by atoms with van der Waals surface area (Å²) < 4.78 is 11.2. The van der Waals surface area contributed by atoms with E-state index in [4.69, 9.17) is 15.0 Å². The molecule has 0 spiro atoms. The molecule has 3 N–H and O–H groups in total. The van der Waals surface area contributed by atoms with E-state index in [1.54, 1.807) is 6.26 Å². The molecule has 0 amide bonds. The summed E-state index contributed by atoms with van der Waals surface area (Å²) in [4.78, 5) is 0. The summed E-state index contributed by atoms with van der Waals surface area (Å²) in [5.74, 6) is 7.60. The standard InChI is InChI=1S/C16H20N2O2/c17-18-16(9-8-13-5-2-10-19-13)12-3-1-4-15(11-12)20-14-6-7-14/h1-5,10-11,14,16,18H,6-9,17H2. The van der Waals surface area contributed by atoms with Gasteiger partial charge >= 0.3 is 0 Å². The van der Waals surface area contributed by atoms with E-state index < -0.39 is 0 Å². The van der Waals surface area contributed by atoms with E-state index in [1.165, 1.54) is 12.8 Å². The number of ether oxygens (including phenoxy) is 1. The van der Waals surface area contributed by atoms with Crippen LogP contribution in [0.25, 0.3) is 0 Å². The fourth-order valence-electron chi connectivity index (χ4n) is 2.27. The molecule has 0 saturated heterocycles. The largest absolute Gasteiger partial charge is 0.490 e. The molecule has 20 heavy (non-hydrogen) atoms. The van der Waals surface area contributed by atoms with Crippen LogP contribution in [0.15, 0.2) is 47.1 Å². The summed E-state index contributed by atoms with van der Waals surface area (Å²) in [5.41, 5.74) is 4.03. The number of hydrazine groups is 1. The predicted octanol–water partition coefficient (Wildman–Crippen LogP) is 2.96. The Hall–Kier alpha value is -1.78. The Kier molecular flexibility index (Phi) is 4.04. The van der Waals surface area contributed by atoms with Gasteiger partial charge in [0.05, 0.1) is 12.4 Å². The number of nitrogens with one attached hydrogen (secondary N) is 1. The SMILES string of the molecule is NNC(CCc1ccco1)c1cccc(OC2CC2)c1. The molecule has 4 heteroatoms. The van der Waals surface area contributed by atoms with Crippen LogP contribution in [0.4, 0.5) is 0 Å². The Morgan fingerprint density at radius 2 is 2.20 bits per heavy atom. The monoisotopic (exact) mass is 272 g/mol. The maximum absolute atomic E-state index is 5.82. The number of benzene rings is 1. The summed E-state index contributed by atoms with van der Waals surface area (Å²) in [6.07, 6.45) is 6.19. The Morgan fingerprint density at radius 1 is 1.30 bits per heavy atom. The summed E-state index contributed by atoms with van der Waals surface area (Å²) >= 11 is 0. The van der Waals surface area contributed by atoms with Gasteiger partial charge in [0.15, 0.2) is 0 Å². The van der Waals surface area contributed by atoms with Gasteiger partial charge in [0.25, 0.3) is 0 Å². The van der Waals surface area contributed by atoms with Crippen LogP contribution in [0.5, 0.6) is 5.75 Å². The zero-order chi connectivity index (χ0) is 13.8. The fourth-order valence-corrected chi connectivity index (χ4v) is 2.27. The van der Waals surface area contributed by atoms with E-state index >= 15 is 0 Å². The molecule has 1 heterocycles. The molecule has 1 fully saturated rings. The van der Waals surface area contributed by atoms with Crippen LogP contribution in [-0.4, -0.2) is 6.10 Å². The minimum Gasteiger partial charge on any atom is -0.490 e. The van der Waals surface area contributed by atoms with Crippen LogP contribution in [0, 0.1) is 0 Å². The van der Waals surface area contributed by atoms with E-state index in [2.05, 4.69) is 17.6 Å². The smallest absolute Gasteiger partial charge is 0.120 e. The number of furan rings is 1. The normalized spacial score (nSPS) is 16.1. The first-order chi connectivity index (χ1) is 9.85. The maximum Gasteiger partial charge on any atom is 0.120 e. The number of hydrogen-bond acceptors (Lipinski definition) is 4. The summed E-state index contributed by atoms with van der Waals surface area (Å²) in [6, 6.07) is 12.2. The Morgan fingerprint density at radius 3 is 2.90 bits per heavy atom. The van der Waals surface area contributed by atoms with E-state index in [-0.39, 0.29) is 6.04 Å². The highest BCUT2D eigenvalue weighted by Crippen LogP contribution is 2.29. The molecule has 0 radical (unpaired) electrons. The topological polar surface area (TPSA) is 60.4 Å². The molecule has 3 rings (SSSR count). The van der Waals surface area contributed by atoms with Gasteiger partial charge in [0.2, 0.25) is 0 Å². The van der Waals surface area contributed by atoms with Gasteiger partial charge in [-0.2, -0.15) is 0 Å². The van der Waals surface area contributed by atoms with Crippen molar-refractivity contribution in [3.8, 4) is 5.75 Å². The second kappa shape index (κ2) is 6.11. The predicted molar refractivity (Wildman–Crippen MR) is 77.2 cm³/mol. The van der Waals surface area contributed by atoms with Gasteiger partial charge in [0.1, 0.15) is 11.5 Å². The Balaban J connectivity index is 1.64. The summed E-state index contributed by atoms with van der Waals surface area (Å²) in [7, 11) is 0. The van der Waals surface area contributed by atoms with Gasteiger partial charge in [-0.25, -0.2) is 0 Å². The highest BCUT2D eigenvalue weighted by molar-refractivity contribution is 5.31. The lowest BCUT2D eigenvalue weighted by Gasteiger charge is -2.17. The van der Waals surface area contributed by atoms with Gasteiger partial charge in [-0.05, 0) is 49.1 Å². The second-order valence-electron chi connectivity index (χ2n) is 5.23. The van der Waals surface area contributed by atoms with Crippen molar-refractivity contribution in [1.29, 1.82) is 0 Å². The third kappa shape index (κ3) is 3.40. The number of hydrogen-bond donors (Lipinski definition) is 2. The van der Waals surface area contributed by atoms with Gasteiger partial charge in [-0.3, -0.25) is 11.3 Å². The molecule has 1 unspecified atom stereocenters. The van der Waals surface area contributed by atoms with Crippen molar-refractivity contribution in [2.45, 2.75) is 37.8 Å². The highest BCUT2D eigenvalue weighted by Gasteiger charge is 2.23. The van der Waals surface area contributed by atoms with Crippen LogP contribution in [0.2, 0.25) is 0 Å². The number of nitrogens with two attached hydrogens (primary N) is 1. The zero-order valence-electron chi connectivity index (χ0n) is 11.4. The van der Waals surface area contributed by atoms with Crippen LogP contribution in [0.1, 0.15) is 36.6 Å². The van der Waals surface area contributed by atoms with E-state index in [0.29, 0.717) is 6.10 Å². The number of rotatable bonds is 7. The van der Waals surface area contributed by atoms with E-state index in [9.17, 15) is 0 Å². The maximum atomic E-state index is 5.82. The third-order valence-corrected chi connectivity index (χ3v) is 3.55. The lowest BCUT2D eigenvalue weighted by atomic mass is 10.0. The molecule has 0 bridgehead atoms. The third-order valence-electron chi connectivity index (χ3n) is 3.55. The molecule has 1 aromatic heterocycles. The molecule has 2 aromatic rings. The molecule has 106 valence electrons. The summed E-state index contributed by atoms with van der Waals surface area (Å²) in [5, 5.41) is 0. The fraction of sp³-hybridized carbons (Fsp3) is 0.375. The van der Waals surface area contributed by atoms with Crippen molar-refractivity contribution < 1.29 is 9.15 Å². The van der Waals surface area contributed by atoms with Gasteiger partial charge < -0.3 is 9.15 Å². The second-order valence-corrected chi connectivity index (χ2v) is 5.23. The summed E-state index contributed by atoms with van der Waals surface area (Å²) in [6.45, 7) is 0. The van der Waals surface area contributed by atoms with E-state index in [0.717, 1.165) is 29.9 Å². The average Bonchev–Trinajstić information content (AvgIpc) is 3.13. The molecule has 4 nitrogen and oxygen atoms in total. The zero-order valence-corrected chi connectivity index (χ0v) is 11.4. The van der Waals surface area contributed by atoms with Crippen molar-refractivity contribution in [2.24, 2.45) is 5.84 Å². The molecule has 1 aliphatic carbocycles. The van der Waals surface area contributed by atoms with E-state index in [1.807, 2.05) is 24.3 Å². The lowest BCUT2D eigenvalue weighted by Crippen LogP contribution is -2.28. The van der Waals surface area contributed by atoms with Gasteiger partial charge in [-0.1, -0.05) is 12.1 Å². The minimum atomic E-state index is 0.0999. The molecular weight excluding hydrogens is 252 g/mol. The lowest BCUT2D eigenvalue weighted by molar-refractivity contribution is 0.302. The Labute approximate surface area is 118 Å². The first kappa shape index (κ1) is 13.2. The molecule has 1 aliphatic rings. The molecular formula is C16H20N2O2. The Bertz CT molecular complexity index is 535. The molecule has 0 aliphatic heterocycles. The molecule has 1 atom stereocenters. The average molecular weight is 272 g/mol. The first-order valence-corrected chi connectivity index (χ1v) is 7.10. The molecule has 1 saturated carbocycles. The van der Waals surface area contributed by atoms with Crippen molar-refractivity contribution >= 4 is 0 Å².